The van der Waals surface area contributed by atoms with Crippen LogP contribution in [0.25, 0.3) is 0 Å². The molecule has 0 bridgehead atoms. The average molecular weight is 506 g/mol. The summed E-state index contributed by atoms with van der Waals surface area (Å²) < 4.78 is 0. The van der Waals surface area contributed by atoms with Gasteiger partial charge < -0.3 is 20.2 Å². The third kappa shape index (κ3) is 5.97. The minimum Gasteiger partial charge on any atom is -0.481 e. The number of hydrogen-bond acceptors (Lipinski definition) is 4. The lowest BCUT2D eigenvalue weighted by Crippen LogP contribution is -2.38. The highest BCUT2D eigenvalue weighted by Crippen LogP contribution is 2.35. The van der Waals surface area contributed by atoms with Crippen LogP contribution in [-0.4, -0.2) is 60.5 Å². The molecule has 2 fully saturated rings. The van der Waals surface area contributed by atoms with Gasteiger partial charge in [-0.25, -0.2) is 0 Å². The van der Waals surface area contributed by atoms with Crippen LogP contribution in [0.5, 0.6) is 0 Å². The molecule has 2 unspecified atom stereocenters. The Morgan fingerprint density at radius 1 is 0.973 bits per heavy atom. The second-order valence-electron chi connectivity index (χ2n) is 11.0. The van der Waals surface area contributed by atoms with Crippen molar-refractivity contribution in [1.82, 2.24) is 10.2 Å². The monoisotopic (exact) mass is 505 g/mol. The van der Waals surface area contributed by atoms with Crippen LogP contribution in [-0.2, 0) is 16.0 Å². The minimum absolute atomic E-state index is 0.161. The quantitative estimate of drug-likeness (QED) is 0.398. The molecule has 2 heterocycles. The van der Waals surface area contributed by atoms with Crippen LogP contribution in [0.3, 0.4) is 0 Å². The molecule has 4 rings (SSSR count). The molecule has 7 heteroatoms. The maximum absolute atomic E-state index is 13.2. The molecule has 2 aromatic carbocycles. The summed E-state index contributed by atoms with van der Waals surface area (Å²) in [5.41, 5.74) is 5.35. The van der Waals surface area contributed by atoms with E-state index in [2.05, 4.69) is 34.5 Å². The molecule has 2 aliphatic heterocycles. The van der Waals surface area contributed by atoms with Gasteiger partial charge in [0, 0.05) is 55.8 Å². The summed E-state index contributed by atoms with van der Waals surface area (Å²) in [5, 5.41) is 12.1. The zero-order valence-corrected chi connectivity index (χ0v) is 22.4. The van der Waals surface area contributed by atoms with E-state index in [0.29, 0.717) is 18.4 Å². The molecule has 3 atom stereocenters. The Morgan fingerprint density at radius 2 is 1.59 bits per heavy atom. The number of benzene rings is 2. The first-order chi connectivity index (χ1) is 17.7. The van der Waals surface area contributed by atoms with E-state index in [4.69, 9.17) is 0 Å². The van der Waals surface area contributed by atoms with Crippen molar-refractivity contribution >= 4 is 23.5 Å². The van der Waals surface area contributed by atoms with Gasteiger partial charge in [0.15, 0.2) is 0 Å². The number of nitrogens with zero attached hydrogens (tertiary/aromatic N) is 2. The van der Waals surface area contributed by atoms with Crippen molar-refractivity contribution in [2.75, 3.05) is 37.6 Å². The Hall–Kier alpha value is -3.35. The van der Waals surface area contributed by atoms with Crippen LogP contribution < -0.4 is 10.2 Å². The molecule has 198 valence electrons. The summed E-state index contributed by atoms with van der Waals surface area (Å²) >= 11 is 0. The van der Waals surface area contributed by atoms with Crippen LogP contribution in [0.15, 0.2) is 42.5 Å². The molecule has 7 nitrogen and oxygen atoms in total. The highest BCUT2D eigenvalue weighted by Gasteiger charge is 2.42. The number of aryl methyl sites for hydroxylation is 3. The molecule has 0 radical (unpaired) electrons. The fourth-order valence-corrected chi connectivity index (χ4v) is 5.90. The molecular formula is C30H39N3O4. The fourth-order valence-electron chi connectivity index (χ4n) is 5.90. The Bertz CT molecular complexity index is 1130. The molecule has 2 N–H and O–H groups in total. The van der Waals surface area contributed by atoms with Crippen LogP contribution in [0.4, 0.5) is 5.69 Å². The Morgan fingerprint density at radius 3 is 2.19 bits per heavy atom. The average Bonchev–Trinajstić information content (AvgIpc) is 3.41. The van der Waals surface area contributed by atoms with Gasteiger partial charge in [-0.2, -0.15) is 0 Å². The summed E-state index contributed by atoms with van der Waals surface area (Å²) in [5.74, 6) is -1.62. The summed E-state index contributed by atoms with van der Waals surface area (Å²) in [6, 6.07) is 14.6. The second-order valence-corrected chi connectivity index (χ2v) is 11.0. The molecule has 0 aromatic heterocycles. The van der Waals surface area contributed by atoms with E-state index in [9.17, 15) is 19.5 Å². The van der Waals surface area contributed by atoms with Crippen LogP contribution in [0.1, 0.15) is 47.3 Å². The molecule has 37 heavy (non-hydrogen) atoms. The Balaban J connectivity index is 1.28. The maximum Gasteiger partial charge on any atom is 0.316 e. The normalized spacial score (nSPS) is 19.7. The topological polar surface area (TPSA) is 90.0 Å². The van der Waals surface area contributed by atoms with E-state index in [0.717, 1.165) is 55.7 Å². The van der Waals surface area contributed by atoms with Crippen LogP contribution in [0.2, 0.25) is 0 Å². The number of carbonyl (C=O) groups is 3. The lowest BCUT2D eigenvalue weighted by Gasteiger charge is -2.24. The van der Waals surface area contributed by atoms with Gasteiger partial charge in [0.1, 0.15) is 5.92 Å². The molecular weight excluding hydrogens is 466 g/mol. The van der Waals surface area contributed by atoms with Crippen molar-refractivity contribution in [1.29, 1.82) is 0 Å². The number of carboxylic acid groups (broad SMARTS) is 1. The highest BCUT2D eigenvalue weighted by molar-refractivity contribution is 5.97. The summed E-state index contributed by atoms with van der Waals surface area (Å²) in [6.45, 7) is 11.5. The van der Waals surface area contributed by atoms with Gasteiger partial charge in [-0.15, -0.1) is 0 Å². The van der Waals surface area contributed by atoms with Crippen molar-refractivity contribution in [3.63, 3.8) is 0 Å². The summed E-state index contributed by atoms with van der Waals surface area (Å²) in [6.07, 6.45) is 1.56. The molecule has 0 spiro atoms. The first kappa shape index (κ1) is 26.7. The maximum atomic E-state index is 13.2. The number of carbonyl (C=O) groups excluding carboxylic acids is 2. The Labute approximate surface area is 219 Å². The predicted molar refractivity (Wildman–Crippen MR) is 145 cm³/mol. The van der Waals surface area contributed by atoms with Crippen LogP contribution in [0, 0.1) is 37.5 Å². The van der Waals surface area contributed by atoms with E-state index in [1.807, 2.05) is 36.9 Å². The molecule has 2 aliphatic rings. The number of carboxylic acids is 1. The van der Waals surface area contributed by atoms with Gasteiger partial charge in [0.05, 0.1) is 0 Å². The third-order valence-electron chi connectivity index (χ3n) is 7.90. The largest absolute Gasteiger partial charge is 0.481 e. The van der Waals surface area contributed by atoms with E-state index < -0.39 is 17.8 Å². The number of rotatable bonds is 9. The van der Waals surface area contributed by atoms with Crippen LogP contribution >= 0.6 is 0 Å². The fraction of sp³-hybridized carbons (Fsp3) is 0.500. The van der Waals surface area contributed by atoms with E-state index in [-0.39, 0.29) is 11.8 Å². The van der Waals surface area contributed by atoms with Gasteiger partial charge in [-0.3, -0.25) is 14.4 Å². The number of likely N-dealkylation sites (tertiary alicyclic amines) is 1. The van der Waals surface area contributed by atoms with Crippen molar-refractivity contribution in [3.8, 4) is 0 Å². The van der Waals surface area contributed by atoms with E-state index >= 15 is 0 Å². The highest BCUT2D eigenvalue weighted by atomic mass is 16.4. The standard InChI is InChI=1S/C30H39N3O4/c1-19(2)26(30(36)37)28(34)31-13-7-11-22-10-6-12-25(14-22)32-15-23-17-33(18-24(23)16-32)29(35)27-20(3)8-5-9-21(27)4/h5-6,8-10,12,14,19,23-24,26H,7,11,13,15-18H2,1-4H3,(H,31,34)(H,36,37)/t23-,24?,26?/m0/s1. The van der Waals surface area contributed by atoms with Crippen molar-refractivity contribution in [3.05, 3.63) is 64.7 Å². The predicted octanol–water partition coefficient (Wildman–Crippen LogP) is 3.92. The van der Waals surface area contributed by atoms with E-state index in [1.54, 1.807) is 13.8 Å². The summed E-state index contributed by atoms with van der Waals surface area (Å²) in [4.78, 5) is 41.3. The molecule has 0 saturated carbocycles. The van der Waals surface area contributed by atoms with E-state index in [1.165, 1.54) is 11.3 Å². The SMILES string of the molecule is Cc1cccc(C)c1C(=O)N1CC2CN(c3cccc(CCCNC(=O)C(C(=O)O)C(C)C)c3)C[C@H]2C1. The van der Waals surface area contributed by atoms with Gasteiger partial charge in [0.25, 0.3) is 5.91 Å². The van der Waals surface area contributed by atoms with Gasteiger partial charge >= 0.3 is 5.97 Å². The Kier molecular flexibility index (Phi) is 8.20. The van der Waals surface area contributed by atoms with Gasteiger partial charge in [-0.1, -0.05) is 44.2 Å². The molecule has 2 saturated heterocycles. The second kappa shape index (κ2) is 11.4. The van der Waals surface area contributed by atoms with Crippen molar-refractivity contribution in [2.45, 2.75) is 40.5 Å². The molecule has 2 aromatic rings. The smallest absolute Gasteiger partial charge is 0.316 e. The first-order valence-corrected chi connectivity index (χ1v) is 13.4. The zero-order chi connectivity index (χ0) is 26.7. The van der Waals surface area contributed by atoms with Gasteiger partial charge in [0.2, 0.25) is 5.91 Å². The van der Waals surface area contributed by atoms with Crippen molar-refractivity contribution < 1.29 is 19.5 Å². The molecule has 2 amide bonds. The lowest BCUT2D eigenvalue weighted by atomic mass is 9.95. The molecule has 0 aliphatic carbocycles. The lowest BCUT2D eigenvalue weighted by molar-refractivity contribution is -0.148. The summed E-state index contributed by atoms with van der Waals surface area (Å²) in [7, 11) is 0. The van der Waals surface area contributed by atoms with Gasteiger partial charge in [-0.05, 0) is 61.4 Å². The number of nitrogens with one attached hydrogen (secondary N) is 1. The van der Waals surface area contributed by atoms with Crippen molar-refractivity contribution in [2.24, 2.45) is 23.7 Å². The third-order valence-corrected chi connectivity index (χ3v) is 7.90. The number of amides is 2. The zero-order valence-electron chi connectivity index (χ0n) is 22.4. The first-order valence-electron chi connectivity index (χ1n) is 13.4. The number of aliphatic carboxylic acids is 1. The number of anilines is 1. The minimum atomic E-state index is -1.08. The number of hydrogen-bond donors (Lipinski definition) is 2. The number of fused-ring (bicyclic) bond motifs is 1.